The lowest BCUT2D eigenvalue weighted by molar-refractivity contribution is -0.128. The lowest BCUT2D eigenvalue weighted by Crippen LogP contribution is -2.36. The fourth-order valence-corrected chi connectivity index (χ4v) is 2.51. The van der Waals surface area contributed by atoms with Gasteiger partial charge in [0.15, 0.2) is 0 Å². The number of hydrogen-bond donors (Lipinski definition) is 3. The molecule has 0 radical (unpaired) electrons. The summed E-state index contributed by atoms with van der Waals surface area (Å²) in [4.78, 5) is 23.7. The van der Waals surface area contributed by atoms with Crippen molar-refractivity contribution in [3.63, 3.8) is 0 Å². The van der Waals surface area contributed by atoms with Gasteiger partial charge in [0, 0.05) is 49.0 Å². The van der Waals surface area contributed by atoms with E-state index < -0.39 is 5.41 Å². The maximum atomic E-state index is 12.0. The highest BCUT2D eigenvalue weighted by Crippen LogP contribution is 2.18. The number of amides is 2. The van der Waals surface area contributed by atoms with Crippen LogP contribution in [-0.4, -0.2) is 37.6 Å². The summed E-state index contributed by atoms with van der Waals surface area (Å²) in [5.41, 5.74) is 1.36. The van der Waals surface area contributed by atoms with Crippen molar-refractivity contribution in [3.8, 4) is 0 Å². The van der Waals surface area contributed by atoms with Crippen LogP contribution in [-0.2, 0) is 14.3 Å². The molecule has 1 aromatic rings. The molecular formula is C19H29N3O3. The molecule has 0 saturated carbocycles. The second-order valence-corrected chi connectivity index (χ2v) is 7.41. The van der Waals surface area contributed by atoms with Crippen molar-refractivity contribution in [1.82, 2.24) is 5.32 Å². The number of nitrogens with one attached hydrogen (secondary N) is 3. The van der Waals surface area contributed by atoms with E-state index in [-0.39, 0.29) is 18.2 Å². The van der Waals surface area contributed by atoms with Crippen molar-refractivity contribution in [2.24, 2.45) is 5.41 Å². The minimum Gasteiger partial charge on any atom is -0.382 e. The van der Waals surface area contributed by atoms with E-state index in [0.29, 0.717) is 12.6 Å². The molecule has 1 aliphatic heterocycles. The Kier molecular flexibility index (Phi) is 6.82. The van der Waals surface area contributed by atoms with Crippen LogP contribution in [0.5, 0.6) is 0 Å². The predicted octanol–water partition coefficient (Wildman–Crippen LogP) is 2.77. The van der Waals surface area contributed by atoms with E-state index in [1.807, 2.05) is 45.0 Å². The second kappa shape index (κ2) is 8.85. The van der Waals surface area contributed by atoms with Crippen LogP contribution in [0.3, 0.4) is 0 Å². The standard InChI is InChI=1S/C19H29N3O3/c1-19(2,3)18(24)20-11-8-17(23)22-15-6-4-14(5-7-15)21-16-9-12-25-13-10-16/h4-7,16,21H,8-13H2,1-3H3,(H,20,24)(H,22,23). The van der Waals surface area contributed by atoms with Crippen LogP contribution in [0, 0.1) is 5.41 Å². The molecule has 0 atom stereocenters. The summed E-state index contributed by atoms with van der Waals surface area (Å²) >= 11 is 0. The molecule has 0 aliphatic carbocycles. The molecule has 0 unspecified atom stereocenters. The SMILES string of the molecule is CC(C)(C)C(=O)NCCC(=O)Nc1ccc(NC2CCOCC2)cc1. The highest BCUT2D eigenvalue weighted by atomic mass is 16.5. The molecular weight excluding hydrogens is 318 g/mol. The number of anilines is 2. The summed E-state index contributed by atoms with van der Waals surface area (Å²) < 4.78 is 5.35. The van der Waals surface area contributed by atoms with E-state index in [9.17, 15) is 9.59 Å². The molecule has 1 aliphatic rings. The van der Waals surface area contributed by atoms with Crippen molar-refractivity contribution in [2.45, 2.75) is 46.1 Å². The zero-order valence-corrected chi connectivity index (χ0v) is 15.4. The van der Waals surface area contributed by atoms with Gasteiger partial charge in [-0.3, -0.25) is 9.59 Å². The van der Waals surface area contributed by atoms with E-state index in [0.717, 1.165) is 37.4 Å². The quantitative estimate of drug-likeness (QED) is 0.739. The largest absolute Gasteiger partial charge is 0.382 e. The minimum absolute atomic E-state index is 0.0520. The van der Waals surface area contributed by atoms with Crippen LogP contribution in [0.15, 0.2) is 24.3 Å². The molecule has 138 valence electrons. The molecule has 0 bridgehead atoms. The van der Waals surface area contributed by atoms with E-state index in [1.165, 1.54) is 0 Å². The number of carbonyl (C=O) groups excluding carboxylic acids is 2. The first-order valence-electron chi connectivity index (χ1n) is 8.87. The van der Waals surface area contributed by atoms with Crippen molar-refractivity contribution in [1.29, 1.82) is 0 Å². The topological polar surface area (TPSA) is 79.5 Å². The van der Waals surface area contributed by atoms with Gasteiger partial charge in [-0.15, -0.1) is 0 Å². The van der Waals surface area contributed by atoms with Crippen LogP contribution in [0.2, 0.25) is 0 Å². The molecule has 6 nitrogen and oxygen atoms in total. The molecule has 6 heteroatoms. The summed E-state index contributed by atoms with van der Waals surface area (Å²) in [6.07, 6.45) is 2.28. The summed E-state index contributed by atoms with van der Waals surface area (Å²) in [7, 11) is 0. The first kappa shape index (κ1) is 19.2. The summed E-state index contributed by atoms with van der Waals surface area (Å²) in [6, 6.07) is 8.14. The zero-order chi connectivity index (χ0) is 18.3. The third kappa shape index (κ3) is 6.74. The van der Waals surface area contributed by atoms with Crippen LogP contribution >= 0.6 is 0 Å². The molecule has 1 saturated heterocycles. The first-order valence-corrected chi connectivity index (χ1v) is 8.87. The molecule has 1 heterocycles. The maximum Gasteiger partial charge on any atom is 0.226 e. The summed E-state index contributed by atoms with van der Waals surface area (Å²) in [5.74, 6) is -0.164. The van der Waals surface area contributed by atoms with Gasteiger partial charge < -0.3 is 20.7 Å². The van der Waals surface area contributed by atoms with Crippen molar-refractivity contribution in [3.05, 3.63) is 24.3 Å². The lowest BCUT2D eigenvalue weighted by Gasteiger charge is -2.24. The van der Waals surface area contributed by atoms with E-state index >= 15 is 0 Å². The van der Waals surface area contributed by atoms with Crippen LogP contribution in [0.4, 0.5) is 11.4 Å². The van der Waals surface area contributed by atoms with Gasteiger partial charge in [0.25, 0.3) is 0 Å². The fourth-order valence-electron chi connectivity index (χ4n) is 2.51. The predicted molar refractivity (Wildman–Crippen MR) is 99.6 cm³/mol. The number of benzene rings is 1. The Morgan fingerprint density at radius 2 is 1.68 bits per heavy atom. The van der Waals surface area contributed by atoms with Crippen LogP contribution in [0.25, 0.3) is 0 Å². The van der Waals surface area contributed by atoms with E-state index in [1.54, 1.807) is 0 Å². The van der Waals surface area contributed by atoms with Gasteiger partial charge in [-0.25, -0.2) is 0 Å². The number of ether oxygens (including phenoxy) is 1. The zero-order valence-electron chi connectivity index (χ0n) is 15.4. The Labute approximate surface area is 149 Å². The van der Waals surface area contributed by atoms with Crippen LogP contribution < -0.4 is 16.0 Å². The number of rotatable bonds is 6. The van der Waals surface area contributed by atoms with Gasteiger partial charge in [0.2, 0.25) is 11.8 Å². The van der Waals surface area contributed by atoms with Crippen molar-refractivity contribution < 1.29 is 14.3 Å². The highest BCUT2D eigenvalue weighted by molar-refractivity contribution is 5.91. The molecule has 3 N–H and O–H groups in total. The molecule has 2 rings (SSSR count). The van der Waals surface area contributed by atoms with Gasteiger partial charge in [-0.1, -0.05) is 20.8 Å². The average molecular weight is 347 g/mol. The Morgan fingerprint density at radius 3 is 2.28 bits per heavy atom. The first-order chi connectivity index (χ1) is 11.8. The third-order valence-corrected chi connectivity index (χ3v) is 4.08. The summed E-state index contributed by atoms with van der Waals surface area (Å²) in [6.45, 7) is 7.48. The number of carbonyl (C=O) groups is 2. The Balaban J connectivity index is 1.72. The molecule has 1 aromatic carbocycles. The van der Waals surface area contributed by atoms with Gasteiger partial charge in [0.05, 0.1) is 0 Å². The second-order valence-electron chi connectivity index (χ2n) is 7.41. The van der Waals surface area contributed by atoms with Gasteiger partial charge in [-0.2, -0.15) is 0 Å². The average Bonchev–Trinajstić information content (AvgIpc) is 2.56. The molecule has 1 fully saturated rings. The van der Waals surface area contributed by atoms with Crippen LogP contribution in [0.1, 0.15) is 40.0 Å². The smallest absolute Gasteiger partial charge is 0.226 e. The summed E-state index contributed by atoms with van der Waals surface area (Å²) in [5, 5.41) is 9.10. The third-order valence-electron chi connectivity index (χ3n) is 4.08. The Bertz CT molecular complexity index is 573. The Hall–Kier alpha value is -2.08. The fraction of sp³-hybridized carbons (Fsp3) is 0.579. The van der Waals surface area contributed by atoms with E-state index in [4.69, 9.17) is 4.74 Å². The van der Waals surface area contributed by atoms with Crippen molar-refractivity contribution >= 4 is 23.2 Å². The molecule has 0 aromatic heterocycles. The minimum atomic E-state index is -0.441. The normalized spacial score (nSPS) is 15.5. The molecule has 25 heavy (non-hydrogen) atoms. The Morgan fingerprint density at radius 1 is 1.08 bits per heavy atom. The maximum absolute atomic E-state index is 12.0. The number of hydrogen-bond acceptors (Lipinski definition) is 4. The van der Waals surface area contributed by atoms with Gasteiger partial charge >= 0.3 is 0 Å². The lowest BCUT2D eigenvalue weighted by atomic mass is 9.96. The monoisotopic (exact) mass is 347 g/mol. The van der Waals surface area contributed by atoms with Gasteiger partial charge in [0.1, 0.15) is 0 Å². The van der Waals surface area contributed by atoms with Crippen molar-refractivity contribution in [2.75, 3.05) is 30.4 Å². The van der Waals surface area contributed by atoms with Gasteiger partial charge in [-0.05, 0) is 37.1 Å². The van der Waals surface area contributed by atoms with E-state index in [2.05, 4.69) is 16.0 Å². The molecule has 0 spiro atoms. The highest BCUT2D eigenvalue weighted by Gasteiger charge is 2.20. The molecule has 2 amide bonds.